The number of fused-ring (bicyclic) bond motifs is 1. The lowest BCUT2D eigenvalue weighted by Crippen LogP contribution is -2.55. The number of benzene rings is 2. The summed E-state index contributed by atoms with van der Waals surface area (Å²) in [4.78, 5) is 54.6. The van der Waals surface area contributed by atoms with Gasteiger partial charge in [0.25, 0.3) is 17.7 Å². The number of aliphatic hydroxyl groups excluding tert-OH is 1. The van der Waals surface area contributed by atoms with E-state index in [1.165, 1.54) is 4.90 Å². The van der Waals surface area contributed by atoms with Crippen LogP contribution >= 0.6 is 0 Å². The van der Waals surface area contributed by atoms with E-state index in [4.69, 9.17) is 4.74 Å². The number of nitrogens with one attached hydrogen (secondary N) is 2. The number of aromatic nitrogens is 2. The second-order valence-electron chi connectivity index (χ2n) is 8.24. The molecule has 180 valence electrons. The van der Waals surface area contributed by atoms with Crippen LogP contribution in [0.15, 0.2) is 51.8 Å². The van der Waals surface area contributed by atoms with Gasteiger partial charge in [0.2, 0.25) is 0 Å². The molecule has 2 aliphatic rings. The minimum Gasteiger partial charge on any atom is -0.380 e. The predicted molar refractivity (Wildman–Crippen MR) is 122 cm³/mol. The number of morpholine rings is 1. The maximum absolute atomic E-state index is 13.1. The molecular weight excluding hydrogens is 458 g/mol. The lowest BCUT2D eigenvalue weighted by atomic mass is 10.1. The van der Waals surface area contributed by atoms with E-state index in [1.807, 2.05) is 0 Å². The summed E-state index contributed by atoms with van der Waals surface area (Å²) in [7, 11) is 1.70. The van der Waals surface area contributed by atoms with Gasteiger partial charge in [-0.3, -0.25) is 23.9 Å². The van der Waals surface area contributed by atoms with Crippen molar-refractivity contribution in [2.45, 2.75) is 18.8 Å². The maximum Gasteiger partial charge on any atom is 0.439 e. The summed E-state index contributed by atoms with van der Waals surface area (Å²) in [6, 6.07) is 11.5. The molecule has 0 bridgehead atoms. The summed E-state index contributed by atoms with van der Waals surface area (Å²) in [5, 5.41) is 16.7. The van der Waals surface area contributed by atoms with E-state index >= 15 is 0 Å². The number of hydrogen-bond acceptors (Lipinski definition) is 8. The average Bonchev–Trinajstić information content (AvgIpc) is 3.41. The largest absolute Gasteiger partial charge is 0.439 e. The van der Waals surface area contributed by atoms with Gasteiger partial charge in [0.15, 0.2) is 18.0 Å². The van der Waals surface area contributed by atoms with Gasteiger partial charge in [0.1, 0.15) is 0 Å². The van der Waals surface area contributed by atoms with Gasteiger partial charge in [-0.15, -0.1) is 0 Å². The molecule has 0 aliphatic carbocycles. The maximum atomic E-state index is 13.1. The van der Waals surface area contributed by atoms with Crippen molar-refractivity contribution >= 4 is 29.1 Å². The standard InChI is InChI=1S/C23H21N5O7/c1-27-11-13-4-7-15(10-16(13)21(27)31)28-8-9-34-18(22(28)32)17(29)20(30)24-14-5-2-12(3-6-14)19-25-23(33)35-26-19/h2-7,10,17-18,29H,8-9,11H2,1H3,(H,24,30)(H,25,26,33)/t17-,18-/m1/s1. The lowest BCUT2D eigenvalue weighted by Gasteiger charge is -2.34. The van der Waals surface area contributed by atoms with E-state index in [0.29, 0.717) is 29.0 Å². The van der Waals surface area contributed by atoms with Crippen LogP contribution in [0.5, 0.6) is 0 Å². The van der Waals surface area contributed by atoms with Crippen molar-refractivity contribution in [1.29, 1.82) is 0 Å². The topological polar surface area (TPSA) is 158 Å². The van der Waals surface area contributed by atoms with E-state index in [-0.39, 0.29) is 24.9 Å². The van der Waals surface area contributed by atoms with E-state index in [1.54, 1.807) is 54.4 Å². The number of amides is 3. The molecule has 5 rings (SSSR count). The first-order chi connectivity index (χ1) is 16.8. The van der Waals surface area contributed by atoms with Crippen LogP contribution in [-0.4, -0.2) is 70.3 Å². The Bertz CT molecular complexity index is 1360. The van der Waals surface area contributed by atoms with E-state index in [2.05, 4.69) is 20.0 Å². The third-order valence-electron chi connectivity index (χ3n) is 5.93. The van der Waals surface area contributed by atoms with Crippen LogP contribution in [0.25, 0.3) is 11.4 Å². The number of rotatable bonds is 5. The van der Waals surface area contributed by atoms with Crippen LogP contribution < -0.4 is 16.0 Å². The van der Waals surface area contributed by atoms with Gasteiger partial charge in [-0.25, -0.2) is 4.79 Å². The second-order valence-corrected chi connectivity index (χ2v) is 8.24. The third kappa shape index (κ3) is 4.20. The SMILES string of the molecule is CN1Cc2ccc(N3CCO[C@H]([C@@H](O)C(=O)Nc4ccc(-c5noc(=O)[nH]5)cc4)C3=O)cc2C1=O. The summed E-state index contributed by atoms with van der Waals surface area (Å²) in [6.07, 6.45) is -3.17. The fourth-order valence-corrected chi connectivity index (χ4v) is 4.11. The molecule has 35 heavy (non-hydrogen) atoms. The summed E-state index contributed by atoms with van der Waals surface area (Å²) >= 11 is 0. The molecule has 2 aromatic carbocycles. The summed E-state index contributed by atoms with van der Waals surface area (Å²) in [6.45, 7) is 0.832. The fraction of sp³-hybridized carbons (Fsp3) is 0.261. The number of carbonyl (C=O) groups excluding carboxylic acids is 3. The molecule has 12 heteroatoms. The summed E-state index contributed by atoms with van der Waals surface area (Å²) in [5.41, 5.74) is 2.80. The Morgan fingerprint density at radius 3 is 2.69 bits per heavy atom. The van der Waals surface area contributed by atoms with Crippen LogP contribution in [0.3, 0.4) is 0 Å². The number of anilines is 2. The number of H-pyrrole nitrogens is 1. The average molecular weight is 479 g/mol. The molecule has 12 nitrogen and oxygen atoms in total. The molecule has 3 N–H and O–H groups in total. The quantitative estimate of drug-likeness (QED) is 0.473. The number of nitrogens with zero attached hydrogens (tertiary/aromatic N) is 3. The first-order valence-electron chi connectivity index (χ1n) is 10.8. The van der Waals surface area contributed by atoms with E-state index in [9.17, 15) is 24.3 Å². The molecule has 0 saturated carbocycles. The van der Waals surface area contributed by atoms with Crippen LogP contribution in [-0.2, 0) is 20.9 Å². The van der Waals surface area contributed by atoms with Crippen LogP contribution in [0.2, 0.25) is 0 Å². The minimum absolute atomic E-state index is 0.107. The smallest absolute Gasteiger partial charge is 0.380 e. The highest BCUT2D eigenvalue weighted by atomic mass is 16.5. The van der Waals surface area contributed by atoms with Crippen molar-refractivity contribution in [2.24, 2.45) is 0 Å². The molecule has 0 spiro atoms. The van der Waals surface area contributed by atoms with Gasteiger partial charge in [-0.1, -0.05) is 11.2 Å². The number of carbonyl (C=O) groups is 3. The lowest BCUT2D eigenvalue weighted by molar-refractivity contribution is -0.150. The second kappa shape index (κ2) is 8.81. The highest BCUT2D eigenvalue weighted by molar-refractivity contribution is 6.05. The molecule has 2 atom stereocenters. The minimum atomic E-state index is -1.76. The normalized spacial score (nSPS) is 18.5. The molecule has 1 saturated heterocycles. The zero-order valence-corrected chi connectivity index (χ0v) is 18.6. The fourth-order valence-electron chi connectivity index (χ4n) is 4.11. The highest BCUT2D eigenvalue weighted by Gasteiger charge is 2.40. The zero-order chi connectivity index (χ0) is 24.7. The van der Waals surface area contributed by atoms with Crippen LogP contribution in [0.1, 0.15) is 15.9 Å². The Kier molecular flexibility index (Phi) is 5.67. The number of hydrogen-bond donors (Lipinski definition) is 3. The monoisotopic (exact) mass is 479 g/mol. The van der Waals surface area contributed by atoms with Crippen molar-refractivity contribution in [3.05, 3.63) is 64.1 Å². The van der Waals surface area contributed by atoms with Gasteiger partial charge in [-0.05, 0) is 42.0 Å². The third-order valence-corrected chi connectivity index (χ3v) is 5.93. The van der Waals surface area contributed by atoms with Gasteiger partial charge >= 0.3 is 5.76 Å². The predicted octanol–water partition coefficient (Wildman–Crippen LogP) is 0.347. The summed E-state index contributed by atoms with van der Waals surface area (Å²) in [5.74, 6) is -1.99. The Labute approximate surface area is 198 Å². The number of aromatic amines is 1. The molecule has 3 aromatic rings. The van der Waals surface area contributed by atoms with Crippen molar-refractivity contribution in [3.63, 3.8) is 0 Å². The van der Waals surface area contributed by atoms with Gasteiger partial charge in [0.05, 0.1) is 6.61 Å². The Morgan fingerprint density at radius 2 is 1.97 bits per heavy atom. The first-order valence-corrected chi connectivity index (χ1v) is 10.8. The first kappa shape index (κ1) is 22.5. The molecule has 0 unspecified atom stereocenters. The van der Waals surface area contributed by atoms with Crippen LogP contribution in [0.4, 0.5) is 11.4 Å². The molecular formula is C23H21N5O7. The van der Waals surface area contributed by atoms with Crippen molar-refractivity contribution in [1.82, 2.24) is 15.0 Å². The van der Waals surface area contributed by atoms with Gasteiger partial charge < -0.3 is 25.0 Å². The molecule has 1 aromatic heterocycles. The molecule has 3 heterocycles. The van der Waals surface area contributed by atoms with Crippen molar-refractivity contribution in [2.75, 3.05) is 30.4 Å². The van der Waals surface area contributed by atoms with Crippen molar-refractivity contribution < 1.29 is 28.8 Å². The van der Waals surface area contributed by atoms with E-state index in [0.717, 1.165) is 5.56 Å². The Hall–Kier alpha value is -4.29. The Morgan fingerprint density at radius 1 is 1.20 bits per heavy atom. The van der Waals surface area contributed by atoms with Crippen LogP contribution in [0, 0.1) is 0 Å². The Balaban J connectivity index is 1.27. The molecule has 3 amide bonds. The molecule has 2 aliphatic heterocycles. The van der Waals surface area contributed by atoms with E-state index < -0.39 is 29.8 Å². The van der Waals surface area contributed by atoms with Gasteiger partial charge in [0, 0.05) is 42.6 Å². The molecule has 0 radical (unpaired) electrons. The molecule has 1 fully saturated rings. The summed E-state index contributed by atoms with van der Waals surface area (Å²) < 4.78 is 9.91. The number of ether oxygens (including phenoxy) is 1. The van der Waals surface area contributed by atoms with Gasteiger partial charge in [-0.2, -0.15) is 0 Å². The number of aliphatic hydroxyl groups is 1. The van der Waals surface area contributed by atoms with Crippen molar-refractivity contribution in [3.8, 4) is 11.4 Å². The zero-order valence-electron chi connectivity index (χ0n) is 18.6. The highest BCUT2D eigenvalue weighted by Crippen LogP contribution is 2.28.